The minimum Gasteiger partial charge on any atom is -0.367 e. The minimum atomic E-state index is -0.687. The van der Waals surface area contributed by atoms with Crippen molar-refractivity contribution in [3.8, 4) is 11.3 Å². The summed E-state index contributed by atoms with van der Waals surface area (Å²) in [4.78, 5) is 16.2. The number of pyridine rings is 1. The van der Waals surface area contributed by atoms with Crippen LogP contribution in [0.1, 0.15) is 29.8 Å². The van der Waals surface area contributed by atoms with Crippen LogP contribution in [-0.2, 0) is 16.2 Å². The normalized spacial score (nSPS) is 18.4. The van der Waals surface area contributed by atoms with Crippen molar-refractivity contribution >= 4 is 17.0 Å². The topological polar surface area (TPSA) is 78.2 Å². The van der Waals surface area contributed by atoms with E-state index in [1.165, 1.54) is 12.1 Å². The SMILES string of the molecule is COCn1cc([C@@H]2CN(c3nc(-c4ccc(F)cc4F)c4cc(C)c(C)nc4n3)C[C@H](C)O2)cn1. The van der Waals surface area contributed by atoms with E-state index in [4.69, 9.17) is 19.4 Å². The molecule has 1 saturated heterocycles. The van der Waals surface area contributed by atoms with Gasteiger partial charge in [0.25, 0.3) is 0 Å². The third kappa shape index (κ3) is 4.59. The molecule has 1 aliphatic rings. The second kappa shape index (κ2) is 9.27. The number of hydrogen-bond acceptors (Lipinski definition) is 7. The maximum atomic E-state index is 14.9. The summed E-state index contributed by atoms with van der Waals surface area (Å²) in [7, 11) is 1.61. The maximum absolute atomic E-state index is 14.9. The number of hydrogen-bond donors (Lipinski definition) is 0. The Labute approximate surface area is 201 Å². The van der Waals surface area contributed by atoms with Crippen LogP contribution in [0.5, 0.6) is 0 Å². The van der Waals surface area contributed by atoms with Crippen molar-refractivity contribution in [2.75, 3.05) is 25.1 Å². The molecule has 0 spiro atoms. The number of aromatic nitrogens is 5. The van der Waals surface area contributed by atoms with Gasteiger partial charge >= 0.3 is 0 Å². The fourth-order valence-corrected chi connectivity index (χ4v) is 4.31. The summed E-state index contributed by atoms with van der Waals surface area (Å²) in [6.45, 7) is 7.18. The van der Waals surface area contributed by atoms with Crippen molar-refractivity contribution in [2.24, 2.45) is 0 Å². The Kier molecular flexibility index (Phi) is 6.16. The molecule has 4 heterocycles. The van der Waals surface area contributed by atoms with Crippen LogP contribution in [0.2, 0.25) is 0 Å². The van der Waals surface area contributed by atoms with Gasteiger partial charge in [0.05, 0.1) is 24.5 Å². The summed E-state index contributed by atoms with van der Waals surface area (Å²) in [6, 6.07) is 5.39. The molecule has 3 aromatic heterocycles. The van der Waals surface area contributed by atoms with Crippen molar-refractivity contribution in [1.29, 1.82) is 0 Å². The monoisotopic (exact) mass is 480 g/mol. The number of ether oxygens (including phenoxy) is 2. The fourth-order valence-electron chi connectivity index (χ4n) is 4.31. The summed E-state index contributed by atoms with van der Waals surface area (Å²) >= 11 is 0. The highest BCUT2D eigenvalue weighted by atomic mass is 19.1. The van der Waals surface area contributed by atoms with Crippen LogP contribution in [0.4, 0.5) is 14.7 Å². The Bertz CT molecular complexity index is 1390. The number of halogens is 2. The number of nitrogens with zero attached hydrogens (tertiary/aromatic N) is 6. The smallest absolute Gasteiger partial charge is 0.228 e. The lowest BCUT2D eigenvalue weighted by atomic mass is 10.1. The number of anilines is 1. The van der Waals surface area contributed by atoms with Gasteiger partial charge in [-0.1, -0.05) is 0 Å². The Morgan fingerprint density at radius 1 is 1.11 bits per heavy atom. The molecule has 0 bridgehead atoms. The summed E-state index contributed by atoms with van der Waals surface area (Å²) in [5.41, 5.74) is 3.71. The van der Waals surface area contributed by atoms with Crippen molar-refractivity contribution in [3.63, 3.8) is 0 Å². The number of aryl methyl sites for hydroxylation is 2. The summed E-state index contributed by atoms with van der Waals surface area (Å²) < 4.78 is 41.5. The molecule has 2 atom stereocenters. The number of fused-ring (bicyclic) bond motifs is 1. The number of benzene rings is 1. The van der Waals surface area contributed by atoms with E-state index in [1.807, 2.05) is 37.9 Å². The van der Waals surface area contributed by atoms with Crippen molar-refractivity contribution in [2.45, 2.75) is 39.7 Å². The van der Waals surface area contributed by atoms with E-state index < -0.39 is 11.6 Å². The molecule has 8 nitrogen and oxygen atoms in total. The quantitative estimate of drug-likeness (QED) is 0.420. The van der Waals surface area contributed by atoms with E-state index in [0.29, 0.717) is 42.5 Å². The second-order valence-corrected chi connectivity index (χ2v) is 8.83. The molecule has 1 aromatic carbocycles. The van der Waals surface area contributed by atoms with Crippen LogP contribution in [0.15, 0.2) is 36.7 Å². The lowest BCUT2D eigenvalue weighted by Crippen LogP contribution is -2.43. The lowest BCUT2D eigenvalue weighted by molar-refractivity contribution is -0.0179. The highest BCUT2D eigenvalue weighted by molar-refractivity contribution is 5.92. The average Bonchev–Trinajstić information content (AvgIpc) is 3.28. The van der Waals surface area contributed by atoms with Gasteiger partial charge in [0.1, 0.15) is 24.5 Å². The molecule has 1 fully saturated rings. The van der Waals surface area contributed by atoms with Crippen molar-refractivity contribution in [3.05, 3.63) is 65.1 Å². The van der Waals surface area contributed by atoms with Crippen molar-refractivity contribution in [1.82, 2.24) is 24.7 Å². The molecule has 0 amide bonds. The van der Waals surface area contributed by atoms with Gasteiger partial charge in [0.15, 0.2) is 5.65 Å². The zero-order valence-corrected chi connectivity index (χ0v) is 20.0. The van der Waals surface area contributed by atoms with Gasteiger partial charge in [-0.15, -0.1) is 0 Å². The Morgan fingerprint density at radius 3 is 2.71 bits per heavy atom. The zero-order chi connectivity index (χ0) is 24.7. The molecule has 0 saturated carbocycles. The lowest BCUT2D eigenvalue weighted by Gasteiger charge is -2.36. The second-order valence-electron chi connectivity index (χ2n) is 8.83. The van der Waals surface area contributed by atoms with Gasteiger partial charge in [-0.25, -0.2) is 23.4 Å². The van der Waals surface area contributed by atoms with E-state index in [1.54, 1.807) is 18.0 Å². The zero-order valence-electron chi connectivity index (χ0n) is 20.0. The van der Waals surface area contributed by atoms with Crippen LogP contribution in [0, 0.1) is 25.5 Å². The predicted octanol–water partition coefficient (Wildman–Crippen LogP) is 4.35. The first-order valence-corrected chi connectivity index (χ1v) is 11.4. The molecule has 0 aliphatic carbocycles. The largest absolute Gasteiger partial charge is 0.367 e. The first-order chi connectivity index (χ1) is 16.8. The standard InChI is InChI=1S/C25H26F2N6O2/c1-14-7-20-23(19-6-5-18(26)8-21(19)27)30-25(31-24(20)29-16(14)3)32-10-15(2)35-22(12-32)17-9-28-33(11-17)13-34-4/h5-9,11,15,22H,10,12-13H2,1-4H3/t15-,22-/m0/s1. The maximum Gasteiger partial charge on any atom is 0.228 e. The molecular formula is C25H26F2N6O2. The van der Waals surface area contributed by atoms with Gasteiger partial charge in [-0.2, -0.15) is 10.1 Å². The Balaban J connectivity index is 1.59. The molecule has 0 radical (unpaired) electrons. The van der Waals surface area contributed by atoms with Crippen LogP contribution in [-0.4, -0.2) is 51.0 Å². The minimum absolute atomic E-state index is 0.113. The third-order valence-corrected chi connectivity index (χ3v) is 6.13. The molecule has 35 heavy (non-hydrogen) atoms. The fraction of sp³-hybridized carbons (Fsp3) is 0.360. The molecule has 0 N–H and O–H groups in total. The van der Waals surface area contributed by atoms with Crippen LogP contribution >= 0.6 is 0 Å². The molecule has 4 aromatic rings. The Hall–Kier alpha value is -3.50. The van der Waals surface area contributed by atoms with Crippen molar-refractivity contribution < 1.29 is 18.3 Å². The number of morpholine rings is 1. The average molecular weight is 481 g/mol. The molecule has 0 unspecified atom stereocenters. The first kappa shape index (κ1) is 23.3. The molecular weight excluding hydrogens is 454 g/mol. The van der Waals surface area contributed by atoms with Crippen LogP contribution < -0.4 is 4.90 Å². The number of rotatable bonds is 5. The summed E-state index contributed by atoms with van der Waals surface area (Å²) in [5, 5.41) is 4.93. The van der Waals surface area contributed by atoms with E-state index in [-0.39, 0.29) is 17.8 Å². The molecule has 5 rings (SSSR count). The highest BCUT2D eigenvalue weighted by Crippen LogP contribution is 2.33. The van der Waals surface area contributed by atoms with Gasteiger partial charge in [0.2, 0.25) is 5.95 Å². The molecule has 1 aliphatic heterocycles. The summed E-state index contributed by atoms with van der Waals surface area (Å²) in [5.74, 6) is -0.918. The summed E-state index contributed by atoms with van der Waals surface area (Å²) in [6.07, 6.45) is 3.27. The van der Waals surface area contributed by atoms with Gasteiger partial charge < -0.3 is 14.4 Å². The molecule has 10 heteroatoms. The third-order valence-electron chi connectivity index (χ3n) is 6.13. The Morgan fingerprint density at radius 2 is 1.94 bits per heavy atom. The number of methoxy groups -OCH3 is 1. The predicted molar refractivity (Wildman–Crippen MR) is 127 cm³/mol. The van der Waals surface area contributed by atoms with Crippen LogP contribution in [0.25, 0.3) is 22.3 Å². The van der Waals surface area contributed by atoms with Gasteiger partial charge in [-0.3, -0.25) is 0 Å². The van der Waals surface area contributed by atoms with E-state index in [9.17, 15) is 8.78 Å². The van der Waals surface area contributed by atoms with E-state index >= 15 is 0 Å². The molecule has 182 valence electrons. The van der Waals surface area contributed by atoms with E-state index in [0.717, 1.165) is 22.9 Å². The van der Waals surface area contributed by atoms with Crippen LogP contribution in [0.3, 0.4) is 0 Å². The van der Waals surface area contributed by atoms with Gasteiger partial charge in [0, 0.05) is 48.1 Å². The van der Waals surface area contributed by atoms with Gasteiger partial charge in [-0.05, 0) is 44.5 Å². The first-order valence-electron chi connectivity index (χ1n) is 11.4. The van der Waals surface area contributed by atoms with E-state index in [2.05, 4.69) is 10.1 Å². The highest BCUT2D eigenvalue weighted by Gasteiger charge is 2.30.